The van der Waals surface area contributed by atoms with Crippen LogP contribution in [0.2, 0.25) is 0 Å². The van der Waals surface area contributed by atoms with Crippen LogP contribution >= 0.6 is 0 Å². The number of rotatable bonds is 4. The van der Waals surface area contributed by atoms with Crippen LogP contribution in [0.25, 0.3) is 11.0 Å². The predicted octanol–water partition coefficient (Wildman–Crippen LogP) is 0.823. The maximum Gasteiger partial charge on any atom is 0.244 e. The van der Waals surface area contributed by atoms with E-state index in [-0.39, 0.29) is 12.5 Å². The van der Waals surface area contributed by atoms with E-state index in [1.54, 1.807) is 27.5 Å². The van der Waals surface area contributed by atoms with E-state index >= 15 is 0 Å². The van der Waals surface area contributed by atoms with E-state index < -0.39 is 0 Å². The first-order valence-corrected chi connectivity index (χ1v) is 6.64. The van der Waals surface area contributed by atoms with E-state index in [1.807, 2.05) is 37.4 Å². The normalized spacial score (nSPS) is 11.0. The highest BCUT2D eigenvalue weighted by molar-refractivity contribution is 5.79. The van der Waals surface area contributed by atoms with Crippen molar-refractivity contribution in [2.75, 3.05) is 7.05 Å². The Bertz CT molecular complexity index is 774. The summed E-state index contributed by atoms with van der Waals surface area (Å²) in [7, 11) is 3.63. The van der Waals surface area contributed by atoms with E-state index in [4.69, 9.17) is 0 Å². The molecule has 0 atom stereocenters. The molecular weight excluding hydrogens is 268 g/mol. The first-order valence-electron chi connectivity index (χ1n) is 6.64. The molecule has 1 amide bonds. The molecule has 0 radical (unpaired) electrons. The van der Waals surface area contributed by atoms with E-state index in [1.165, 1.54) is 0 Å². The number of carbonyl (C=O) groups excluding carboxylic acids is 1. The van der Waals surface area contributed by atoms with Crippen molar-refractivity contribution in [1.29, 1.82) is 0 Å². The SMILES string of the molecule is CN(Cc1ccnn1C)C(=O)Cn1nnc2ccccc21. The molecule has 0 aliphatic rings. The number of aryl methyl sites for hydroxylation is 1. The van der Waals surface area contributed by atoms with Crippen LogP contribution in [0.5, 0.6) is 0 Å². The van der Waals surface area contributed by atoms with Crippen LogP contribution in [0.3, 0.4) is 0 Å². The largest absolute Gasteiger partial charge is 0.338 e. The molecule has 0 saturated heterocycles. The summed E-state index contributed by atoms with van der Waals surface area (Å²) in [5.41, 5.74) is 2.63. The van der Waals surface area contributed by atoms with Crippen LogP contribution in [-0.2, 0) is 24.9 Å². The summed E-state index contributed by atoms with van der Waals surface area (Å²) in [6, 6.07) is 9.49. The van der Waals surface area contributed by atoms with Gasteiger partial charge in [-0.05, 0) is 18.2 Å². The first kappa shape index (κ1) is 13.3. The van der Waals surface area contributed by atoms with Gasteiger partial charge in [-0.1, -0.05) is 17.3 Å². The van der Waals surface area contributed by atoms with Gasteiger partial charge in [0.15, 0.2) is 0 Å². The smallest absolute Gasteiger partial charge is 0.244 e. The minimum atomic E-state index is -0.0214. The summed E-state index contributed by atoms with van der Waals surface area (Å²) in [4.78, 5) is 14.0. The van der Waals surface area contributed by atoms with Gasteiger partial charge in [-0.2, -0.15) is 5.10 Å². The molecule has 3 aromatic rings. The Hall–Kier alpha value is -2.70. The molecule has 3 rings (SSSR count). The highest BCUT2D eigenvalue weighted by atomic mass is 16.2. The van der Waals surface area contributed by atoms with E-state index in [9.17, 15) is 4.79 Å². The van der Waals surface area contributed by atoms with Gasteiger partial charge >= 0.3 is 0 Å². The lowest BCUT2D eigenvalue weighted by atomic mass is 10.3. The monoisotopic (exact) mass is 284 g/mol. The standard InChI is InChI=1S/C14H16N6O/c1-18(9-11-7-8-15-19(11)2)14(21)10-20-13-6-4-3-5-12(13)16-17-20/h3-8H,9-10H2,1-2H3. The number of hydrogen-bond donors (Lipinski definition) is 0. The Balaban J connectivity index is 1.72. The second kappa shape index (κ2) is 5.35. The number of amides is 1. The van der Waals surface area contributed by atoms with Crippen molar-refractivity contribution in [2.45, 2.75) is 13.1 Å². The lowest BCUT2D eigenvalue weighted by Crippen LogP contribution is -2.30. The predicted molar refractivity (Wildman–Crippen MR) is 77.2 cm³/mol. The average Bonchev–Trinajstić information content (AvgIpc) is 3.07. The van der Waals surface area contributed by atoms with Crippen molar-refractivity contribution in [3.05, 3.63) is 42.2 Å². The Kier molecular flexibility index (Phi) is 3.39. The van der Waals surface area contributed by atoms with Crippen molar-refractivity contribution in [1.82, 2.24) is 29.7 Å². The van der Waals surface area contributed by atoms with Crippen molar-refractivity contribution >= 4 is 16.9 Å². The molecule has 0 fully saturated rings. The highest BCUT2D eigenvalue weighted by Gasteiger charge is 2.14. The molecule has 7 nitrogen and oxygen atoms in total. The molecule has 0 spiro atoms. The summed E-state index contributed by atoms with van der Waals surface area (Å²) in [5.74, 6) is -0.0214. The Morgan fingerprint density at radius 3 is 2.86 bits per heavy atom. The fourth-order valence-corrected chi connectivity index (χ4v) is 2.17. The zero-order chi connectivity index (χ0) is 14.8. The molecule has 7 heteroatoms. The lowest BCUT2D eigenvalue weighted by Gasteiger charge is -2.17. The zero-order valence-corrected chi connectivity index (χ0v) is 12.0. The molecular formula is C14H16N6O. The van der Waals surface area contributed by atoms with Gasteiger partial charge in [-0.25, -0.2) is 4.68 Å². The van der Waals surface area contributed by atoms with E-state index in [0.717, 1.165) is 16.7 Å². The third-order valence-electron chi connectivity index (χ3n) is 3.45. The van der Waals surface area contributed by atoms with Crippen LogP contribution < -0.4 is 0 Å². The molecule has 2 heterocycles. The minimum Gasteiger partial charge on any atom is -0.338 e. The molecule has 0 unspecified atom stereocenters. The summed E-state index contributed by atoms with van der Waals surface area (Å²) >= 11 is 0. The molecule has 1 aromatic carbocycles. The van der Waals surface area contributed by atoms with Crippen LogP contribution in [-0.4, -0.2) is 42.6 Å². The second-order valence-electron chi connectivity index (χ2n) is 4.93. The molecule has 108 valence electrons. The zero-order valence-electron chi connectivity index (χ0n) is 12.0. The number of aromatic nitrogens is 5. The van der Waals surface area contributed by atoms with Gasteiger partial charge in [0.2, 0.25) is 5.91 Å². The first-order chi connectivity index (χ1) is 10.1. The minimum absolute atomic E-state index is 0.0214. The Morgan fingerprint density at radius 1 is 1.29 bits per heavy atom. The average molecular weight is 284 g/mol. The van der Waals surface area contributed by atoms with Crippen molar-refractivity contribution in [2.24, 2.45) is 7.05 Å². The van der Waals surface area contributed by atoms with Gasteiger partial charge in [0.05, 0.1) is 17.8 Å². The topological polar surface area (TPSA) is 68.8 Å². The molecule has 21 heavy (non-hydrogen) atoms. The number of fused-ring (bicyclic) bond motifs is 1. The molecule has 2 aromatic heterocycles. The fraction of sp³-hybridized carbons (Fsp3) is 0.286. The number of para-hydroxylation sites is 1. The summed E-state index contributed by atoms with van der Waals surface area (Å²) < 4.78 is 3.38. The van der Waals surface area contributed by atoms with Gasteiger partial charge in [0.1, 0.15) is 12.1 Å². The number of nitrogens with zero attached hydrogens (tertiary/aromatic N) is 6. The second-order valence-corrected chi connectivity index (χ2v) is 4.93. The fourth-order valence-electron chi connectivity index (χ4n) is 2.17. The van der Waals surface area contributed by atoms with Crippen molar-refractivity contribution in [3.8, 4) is 0 Å². The van der Waals surface area contributed by atoms with Gasteiger partial charge in [0, 0.05) is 20.3 Å². The van der Waals surface area contributed by atoms with Crippen LogP contribution in [0, 0.1) is 0 Å². The highest BCUT2D eigenvalue weighted by Crippen LogP contribution is 2.10. The molecule has 0 bridgehead atoms. The maximum absolute atomic E-state index is 12.3. The quantitative estimate of drug-likeness (QED) is 0.711. The van der Waals surface area contributed by atoms with E-state index in [2.05, 4.69) is 15.4 Å². The van der Waals surface area contributed by atoms with E-state index in [0.29, 0.717) is 6.54 Å². The van der Waals surface area contributed by atoms with Crippen LogP contribution in [0.4, 0.5) is 0 Å². The van der Waals surface area contributed by atoms with Gasteiger partial charge in [-0.3, -0.25) is 9.48 Å². The number of benzene rings is 1. The van der Waals surface area contributed by atoms with Gasteiger partial charge < -0.3 is 4.90 Å². The van der Waals surface area contributed by atoms with Gasteiger partial charge in [0.25, 0.3) is 0 Å². The lowest BCUT2D eigenvalue weighted by molar-refractivity contribution is -0.131. The van der Waals surface area contributed by atoms with Crippen molar-refractivity contribution < 1.29 is 4.79 Å². The van der Waals surface area contributed by atoms with Crippen molar-refractivity contribution in [3.63, 3.8) is 0 Å². The summed E-state index contributed by atoms with van der Waals surface area (Å²) in [6.07, 6.45) is 1.72. The third kappa shape index (κ3) is 2.62. The molecule has 0 aliphatic heterocycles. The Labute approximate surface area is 121 Å². The number of likely N-dealkylation sites (N-methyl/N-ethyl adjacent to an activating group) is 1. The summed E-state index contributed by atoms with van der Waals surface area (Å²) in [5, 5.41) is 12.2. The summed E-state index contributed by atoms with van der Waals surface area (Å²) in [6.45, 7) is 0.691. The molecule has 0 N–H and O–H groups in total. The molecule has 0 saturated carbocycles. The Morgan fingerprint density at radius 2 is 2.10 bits per heavy atom. The maximum atomic E-state index is 12.3. The molecule has 0 aliphatic carbocycles. The number of carbonyl (C=O) groups is 1. The van der Waals surface area contributed by atoms with Crippen LogP contribution in [0.15, 0.2) is 36.5 Å². The van der Waals surface area contributed by atoms with Gasteiger partial charge in [-0.15, -0.1) is 5.10 Å². The van der Waals surface area contributed by atoms with Crippen LogP contribution in [0.1, 0.15) is 5.69 Å². The third-order valence-corrected chi connectivity index (χ3v) is 3.45. The number of hydrogen-bond acceptors (Lipinski definition) is 4.